The Morgan fingerprint density at radius 3 is 2.58 bits per heavy atom. The Morgan fingerprint density at radius 1 is 1.12 bits per heavy atom. The van der Waals surface area contributed by atoms with Crippen LogP contribution in [-0.4, -0.2) is 34.4 Å². The average molecular weight is 376 g/mol. The Kier molecular flexibility index (Phi) is 5.27. The van der Waals surface area contributed by atoms with Crippen LogP contribution in [0.3, 0.4) is 0 Å². The van der Waals surface area contributed by atoms with Crippen LogP contribution >= 0.6 is 11.8 Å². The number of halogens is 2. The van der Waals surface area contributed by atoms with Crippen LogP contribution < -0.4 is 5.32 Å². The molecule has 1 atom stereocenters. The van der Waals surface area contributed by atoms with Gasteiger partial charge in [0.1, 0.15) is 17.7 Å². The summed E-state index contributed by atoms with van der Waals surface area (Å²) in [5.74, 6) is -1.92. The molecule has 136 valence electrons. The number of rotatable bonds is 3. The second kappa shape index (κ2) is 7.45. The molecule has 26 heavy (non-hydrogen) atoms. The van der Waals surface area contributed by atoms with Gasteiger partial charge in [-0.3, -0.25) is 9.59 Å². The standard InChI is InChI=1S/C19H18F2N2O2S/c1-11-3-5-14(7-12(11)2)22-18(24)17-9-26-10-23(17)19(25)15-6-4-13(20)8-16(15)21/h3-8,17H,9-10H2,1-2H3,(H,22,24). The van der Waals surface area contributed by atoms with Crippen molar-refractivity contribution in [2.24, 2.45) is 0 Å². The molecule has 0 saturated carbocycles. The third-order valence-corrected chi connectivity index (χ3v) is 5.39. The van der Waals surface area contributed by atoms with E-state index in [1.54, 1.807) is 6.07 Å². The Bertz CT molecular complexity index is 873. The van der Waals surface area contributed by atoms with Crippen molar-refractivity contribution in [1.29, 1.82) is 0 Å². The number of nitrogens with zero attached hydrogens (tertiary/aromatic N) is 1. The maximum Gasteiger partial charge on any atom is 0.258 e. The van der Waals surface area contributed by atoms with Crippen LogP contribution in [0.2, 0.25) is 0 Å². The molecule has 3 rings (SSSR count). The van der Waals surface area contributed by atoms with Gasteiger partial charge in [0.15, 0.2) is 0 Å². The van der Waals surface area contributed by atoms with Gasteiger partial charge >= 0.3 is 0 Å². The fourth-order valence-electron chi connectivity index (χ4n) is 2.72. The number of nitrogens with one attached hydrogen (secondary N) is 1. The molecular formula is C19H18F2N2O2S. The minimum atomic E-state index is -0.930. The summed E-state index contributed by atoms with van der Waals surface area (Å²) in [5, 5.41) is 2.81. The quantitative estimate of drug-likeness (QED) is 0.888. The first kappa shape index (κ1) is 18.4. The SMILES string of the molecule is Cc1ccc(NC(=O)C2CSCN2C(=O)c2ccc(F)cc2F)cc1C. The lowest BCUT2D eigenvalue weighted by Gasteiger charge is -2.23. The average Bonchev–Trinajstić information content (AvgIpc) is 3.07. The van der Waals surface area contributed by atoms with E-state index in [-0.39, 0.29) is 17.3 Å². The Hall–Kier alpha value is -2.41. The maximum absolute atomic E-state index is 13.9. The molecule has 1 aliphatic heterocycles. The van der Waals surface area contributed by atoms with Crippen molar-refractivity contribution in [3.8, 4) is 0 Å². The van der Waals surface area contributed by atoms with E-state index in [1.165, 1.54) is 16.7 Å². The van der Waals surface area contributed by atoms with Gasteiger partial charge in [-0.15, -0.1) is 11.8 Å². The second-order valence-corrected chi connectivity index (χ2v) is 7.20. The summed E-state index contributed by atoms with van der Waals surface area (Å²) in [6.45, 7) is 3.93. The third kappa shape index (κ3) is 3.72. The number of hydrogen-bond donors (Lipinski definition) is 1. The van der Waals surface area contributed by atoms with Crippen LogP contribution in [-0.2, 0) is 4.79 Å². The van der Waals surface area contributed by atoms with Gasteiger partial charge < -0.3 is 10.2 Å². The number of thioether (sulfide) groups is 1. The number of amides is 2. The Morgan fingerprint density at radius 2 is 1.88 bits per heavy atom. The lowest BCUT2D eigenvalue weighted by molar-refractivity contribution is -0.119. The molecule has 1 heterocycles. The van der Waals surface area contributed by atoms with E-state index in [0.29, 0.717) is 17.5 Å². The number of carbonyl (C=O) groups excluding carboxylic acids is 2. The molecule has 1 aliphatic rings. The normalized spacial score (nSPS) is 16.6. The van der Waals surface area contributed by atoms with Gasteiger partial charge in [0.2, 0.25) is 5.91 Å². The minimum Gasteiger partial charge on any atom is -0.324 e. The van der Waals surface area contributed by atoms with E-state index in [0.717, 1.165) is 23.3 Å². The Balaban J connectivity index is 1.77. The molecule has 2 aromatic carbocycles. The van der Waals surface area contributed by atoms with E-state index in [4.69, 9.17) is 0 Å². The first-order valence-corrected chi connectivity index (χ1v) is 9.24. The molecule has 7 heteroatoms. The highest BCUT2D eigenvalue weighted by Crippen LogP contribution is 2.25. The molecule has 0 spiro atoms. The van der Waals surface area contributed by atoms with Gasteiger partial charge in [-0.2, -0.15) is 0 Å². The van der Waals surface area contributed by atoms with Crippen molar-refractivity contribution in [1.82, 2.24) is 4.90 Å². The predicted octanol–water partition coefficient (Wildman–Crippen LogP) is 3.74. The zero-order valence-electron chi connectivity index (χ0n) is 14.4. The van der Waals surface area contributed by atoms with E-state index in [9.17, 15) is 18.4 Å². The zero-order chi connectivity index (χ0) is 18.8. The molecule has 0 bridgehead atoms. The minimum absolute atomic E-state index is 0.238. The van der Waals surface area contributed by atoms with Crippen LogP contribution in [0.1, 0.15) is 21.5 Å². The summed E-state index contributed by atoms with van der Waals surface area (Å²) >= 11 is 1.41. The maximum atomic E-state index is 13.9. The molecule has 0 aromatic heterocycles. The molecule has 2 aromatic rings. The molecule has 0 radical (unpaired) electrons. The zero-order valence-corrected chi connectivity index (χ0v) is 15.2. The van der Waals surface area contributed by atoms with Gasteiger partial charge in [-0.05, 0) is 49.2 Å². The van der Waals surface area contributed by atoms with Crippen molar-refractivity contribution in [3.05, 3.63) is 64.7 Å². The summed E-state index contributed by atoms with van der Waals surface area (Å²) in [5.41, 5.74) is 2.57. The van der Waals surface area contributed by atoms with Gasteiger partial charge in [-0.25, -0.2) is 8.78 Å². The van der Waals surface area contributed by atoms with Crippen LogP contribution in [0.5, 0.6) is 0 Å². The number of benzene rings is 2. The summed E-state index contributed by atoms with van der Waals surface area (Å²) in [7, 11) is 0. The largest absolute Gasteiger partial charge is 0.324 e. The highest BCUT2D eigenvalue weighted by molar-refractivity contribution is 7.99. The lowest BCUT2D eigenvalue weighted by Crippen LogP contribution is -2.44. The van der Waals surface area contributed by atoms with Gasteiger partial charge in [0.25, 0.3) is 5.91 Å². The molecule has 1 saturated heterocycles. The number of aryl methyl sites for hydroxylation is 2. The number of anilines is 1. The molecule has 1 fully saturated rings. The van der Waals surface area contributed by atoms with Gasteiger partial charge in [-0.1, -0.05) is 6.07 Å². The van der Waals surface area contributed by atoms with E-state index in [1.807, 2.05) is 26.0 Å². The van der Waals surface area contributed by atoms with E-state index >= 15 is 0 Å². The first-order chi connectivity index (χ1) is 12.4. The van der Waals surface area contributed by atoms with Crippen LogP contribution in [0.25, 0.3) is 0 Å². The van der Waals surface area contributed by atoms with Crippen molar-refractivity contribution < 1.29 is 18.4 Å². The highest BCUT2D eigenvalue weighted by Gasteiger charge is 2.36. The topological polar surface area (TPSA) is 49.4 Å². The summed E-state index contributed by atoms with van der Waals surface area (Å²) in [6.07, 6.45) is 0. The van der Waals surface area contributed by atoms with Crippen molar-refractivity contribution >= 4 is 29.3 Å². The van der Waals surface area contributed by atoms with Crippen molar-refractivity contribution in [2.45, 2.75) is 19.9 Å². The predicted molar refractivity (Wildman–Crippen MR) is 98.2 cm³/mol. The van der Waals surface area contributed by atoms with Gasteiger partial charge in [0, 0.05) is 17.5 Å². The summed E-state index contributed by atoms with van der Waals surface area (Å²) in [4.78, 5) is 26.6. The van der Waals surface area contributed by atoms with E-state index < -0.39 is 23.6 Å². The van der Waals surface area contributed by atoms with E-state index in [2.05, 4.69) is 5.32 Å². The fraction of sp³-hybridized carbons (Fsp3) is 0.263. The van der Waals surface area contributed by atoms with Crippen LogP contribution in [0.15, 0.2) is 36.4 Å². The highest BCUT2D eigenvalue weighted by atomic mass is 32.2. The molecule has 1 N–H and O–H groups in total. The fourth-order valence-corrected chi connectivity index (χ4v) is 3.88. The molecule has 0 aliphatic carbocycles. The molecule has 4 nitrogen and oxygen atoms in total. The summed E-state index contributed by atoms with van der Waals surface area (Å²) in [6, 6.07) is 7.66. The lowest BCUT2D eigenvalue weighted by atomic mass is 10.1. The summed E-state index contributed by atoms with van der Waals surface area (Å²) < 4.78 is 27.0. The third-order valence-electron chi connectivity index (χ3n) is 4.38. The second-order valence-electron chi connectivity index (χ2n) is 6.20. The van der Waals surface area contributed by atoms with Crippen LogP contribution in [0.4, 0.5) is 14.5 Å². The smallest absolute Gasteiger partial charge is 0.258 e. The molecular weight excluding hydrogens is 358 g/mol. The van der Waals surface area contributed by atoms with Crippen molar-refractivity contribution in [3.63, 3.8) is 0 Å². The monoisotopic (exact) mass is 376 g/mol. The molecule has 2 amide bonds. The Labute approximate surface area is 154 Å². The van der Waals surface area contributed by atoms with Crippen molar-refractivity contribution in [2.75, 3.05) is 16.9 Å². The number of carbonyl (C=O) groups is 2. The van der Waals surface area contributed by atoms with Crippen LogP contribution in [0, 0.1) is 25.5 Å². The molecule has 1 unspecified atom stereocenters. The van der Waals surface area contributed by atoms with Gasteiger partial charge in [0.05, 0.1) is 11.4 Å². The number of hydrogen-bond acceptors (Lipinski definition) is 3. The first-order valence-electron chi connectivity index (χ1n) is 8.08.